The van der Waals surface area contributed by atoms with Crippen LogP contribution in [-0.4, -0.2) is 47.8 Å². The third-order valence-corrected chi connectivity index (χ3v) is 6.49. The number of nitrogens with one attached hydrogen (secondary N) is 1. The molecule has 172 valence electrons. The van der Waals surface area contributed by atoms with Gasteiger partial charge in [0.25, 0.3) is 0 Å². The topological polar surface area (TPSA) is 83.6 Å². The zero-order valence-electron chi connectivity index (χ0n) is 18.7. The van der Waals surface area contributed by atoms with Crippen LogP contribution in [0, 0.1) is 6.92 Å². The molecule has 32 heavy (non-hydrogen) atoms. The number of aliphatic imine (C=N–C) groups is 1. The Labute approximate surface area is 187 Å². The van der Waals surface area contributed by atoms with Crippen LogP contribution < -0.4 is 16.0 Å². The molecular formula is C24H31F2N5O. The van der Waals surface area contributed by atoms with Crippen molar-refractivity contribution >= 4 is 28.5 Å². The molecule has 2 fully saturated rings. The van der Waals surface area contributed by atoms with Crippen LogP contribution in [0.25, 0.3) is 10.9 Å². The molecule has 1 aliphatic heterocycles. The van der Waals surface area contributed by atoms with Gasteiger partial charge in [0.1, 0.15) is 11.7 Å². The van der Waals surface area contributed by atoms with E-state index in [1.165, 1.54) is 6.92 Å². The molecule has 0 radical (unpaired) electrons. The van der Waals surface area contributed by atoms with Crippen molar-refractivity contribution < 1.29 is 13.6 Å². The monoisotopic (exact) mass is 443 g/mol. The number of hydrogen-bond acceptors (Lipinski definition) is 4. The summed E-state index contributed by atoms with van der Waals surface area (Å²) < 4.78 is 26.9. The quantitative estimate of drug-likeness (QED) is 0.553. The van der Waals surface area contributed by atoms with Crippen molar-refractivity contribution in [3.63, 3.8) is 0 Å². The van der Waals surface area contributed by atoms with Gasteiger partial charge in [-0.1, -0.05) is 11.6 Å². The number of rotatable bonds is 4. The normalized spacial score (nSPS) is 20.6. The molecular weight excluding hydrogens is 412 g/mol. The molecule has 4 rings (SSSR count). The highest BCUT2D eigenvalue weighted by Gasteiger charge is 2.36. The van der Waals surface area contributed by atoms with E-state index in [0.29, 0.717) is 24.4 Å². The summed E-state index contributed by atoms with van der Waals surface area (Å²) in [6.45, 7) is 4.94. The molecule has 1 aromatic carbocycles. The predicted molar refractivity (Wildman–Crippen MR) is 123 cm³/mol. The lowest BCUT2D eigenvalue weighted by Crippen LogP contribution is -2.48. The smallest absolute Gasteiger partial charge is 0.248 e. The molecule has 3 N–H and O–H groups in total. The van der Waals surface area contributed by atoms with E-state index < -0.39 is 5.92 Å². The number of amides is 1. The van der Waals surface area contributed by atoms with E-state index in [0.717, 1.165) is 48.2 Å². The maximum atomic E-state index is 13.4. The number of aromatic nitrogens is 1. The SMILES string of the molecule is CC(=O)N=C(N)c1cc2cc(C)ccc2nc1N1CCC(NC2CCC(F)(F)CC2)CC1. The fourth-order valence-electron chi connectivity index (χ4n) is 4.74. The number of amidine groups is 1. The first kappa shape index (κ1) is 22.6. The highest BCUT2D eigenvalue weighted by Crippen LogP contribution is 2.34. The molecule has 1 amide bonds. The van der Waals surface area contributed by atoms with E-state index in [9.17, 15) is 13.6 Å². The highest BCUT2D eigenvalue weighted by atomic mass is 19.3. The molecule has 2 aromatic rings. The summed E-state index contributed by atoms with van der Waals surface area (Å²) in [6.07, 6.45) is 2.79. The zero-order valence-corrected chi connectivity index (χ0v) is 18.7. The third kappa shape index (κ3) is 5.23. The molecule has 0 spiro atoms. The van der Waals surface area contributed by atoms with Gasteiger partial charge in [0.2, 0.25) is 11.8 Å². The number of hydrogen-bond donors (Lipinski definition) is 2. The number of carbonyl (C=O) groups is 1. The summed E-state index contributed by atoms with van der Waals surface area (Å²) in [6, 6.07) is 8.48. The summed E-state index contributed by atoms with van der Waals surface area (Å²) in [5, 5.41) is 4.55. The van der Waals surface area contributed by atoms with Gasteiger partial charge in [-0.2, -0.15) is 4.99 Å². The second-order valence-corrected chi connectivity index (χ2v) is 9.13. The second-order valence-electron chi connectivity index (χ2n) is 9.13. The van der Waals surface area contributed by atoms with Crippen molar-refractivity contribution in [2.75, 3.05) is 18.0 Å². The minimum Gasteiger partial charge on any atom is -0.383 e. The minimum atomic E-state index is -2.50. The highest BCUT2D eigenvalue weighted by molar-refractivity contribution is 6.08. The number of fused-ring (bicyclic) bond motifs is 1. The Bertz CT molecular complexity index is 1020. The van der Waals surface area contributed by atoms with Gasteiger partial charge >= 0.3 is 0 Å². The maximum Gasteiger partial charge on any atom is 0.248 e. The third-order valence-electron chi connectivity index (χ3n) is 6.49. The lowest BCUT2D eigenvalue weighted by Gasteiger charge is -2.37. The van der Waals surface area contributed by atoms with Crippen LogP contribution in [0.15, 0.2) is 29.3 Å². The van der Waals surface area contributed by atoms with Crippen molar-refractivity contribution in [3.8, 4) is 0 Å². The molecule has 1 saturated carbocycles. The van der Waals surface area contributed by atoms with Gasteiger partial charge in [0.15, 0.2) is 0 Å². The van der Waals surface area contributed by atoms with Crippen molar-refractivity contribution in [1.29, 1.82) is 0 Å². The second kappa shape index (κ2) is 9.10. The van der Waals surface area contributed by atoms with Crippen LogP contribution in [0.5, 0.6) is 0 Å². The molecule has 6 nitrogen and oxygen atoms in total. The number of nitrogens with two attached hydrogens (primary N) is 1. The van der Waals surface area contributed by atoms with Gasteiger partial charge in [-0.15, -0.1) is 0 Å². The van der Waals surface area contributed by atoms with Gasteiger partial charge in [-0.05, 0) is 50.8 Å². The van der Waals surface area contributed by atoms with Gasteiger partial charge in [-0.3, -0.25) is 4.79 Å². The maximum absolute atomic E-state index is 13.4. The first-order chi connectivity index (χ1) is 15.2. The Balaban J connectivity index is 1.51. The number of halogens is 2. The van der Waals surface area contributed by atoms with Crippen molar-refractivity contribution in [1.82, 2.24) is 10.3 Å². The lowest BCUT2D eigenvalue weighted by atomic mass is 9.91. The van der Waals surface area contributed by atoms with Crippen LogP contribution in [0.2, 0.25) is 0 Å². The summed E-state index contributed by atoms with van der Waals surface area (Å²) >= 11 is 0. The minimum absolute atomic E-state index is 0.0257. The number of pyridine rings is 1. The Morgan fingerprint density at radius 1 is 1.16 bits per heavy atom. The fraction of sp³-hybridized carbons (Fsp3) is 0.542. The zero-order chi connectivity index (χ0) is 22.9. The van der Waals surface area contributed by atoms with Crippen molar-refractivity contribution in [3.05, 3.63) is 35.4 Å². The Hall–Kier alpha value is -2.61. The summed E-state index contributed by atoms with van der Waals surface area (Å²) in [5.74, 6) is -1.94. The Kier molecular flexibility index (Phi) is 6.42. The summed E-state index contributed by atoms with van der Waals surface area (Å²) in [7, 11) is 0. The van der Waals surface area contributed by atoms with Crippen LogP contribution in [0.3, 0.4) is 0 Å². The summed E-state index contributed by atoms with van der Waals surface area (Å²) in [5.41, 5.74) is 8.85. The average molecular weight is 444 g/mol. The molecule has 1 aromatic heterocycles. The van der Waals surface area contributed by atoms with Crippen molar-refractivity contribution in [2.45, 2.75) is 70.4 Å². The number of piperidine rings is 1. The van der Waals surface area contributed by atoms with E-state index in [2.05, 4.69) is 15.2 Å². The van der Waals surface area contributed by atoms with Gasteiger partial charge in [0, 0.05) is 50.3 Å². The number of benzene rings is 1. The average Bonchev–Trinajstić information content (AvgIpc) is 2.74. The van der Waals surface area contributed by atoms with E-state index >= 15 is 0 Å². The van der Waals surface area contributed by atoms with E-state index in [4.69, 9.17) is 10.7 Å². The summed E-state index contributed by atoms with van der Waals surface area (Å²) in [4.78, 5) is 22.6. The number of anilines is 1. The van der Waals surface area contributed by atoms with Gasteiger partial charge < -0.3 is 16.0 Å². The van der Waals surface area contributed by atoms with Crippen molar-refractivity contribution in [2.24, 2.45) is 10.7 Å². The Morgan fingerprint density at radius 2 is 1.81 bits per heavy atom. The van der Waals surface area contributed by atoms with Crippen LogP contribution >= 0.6 is 0 Å². The first-order valence-electron chi connectivity index (χ1n) is 11.4. The van der Waals surface area contributed by atoms with Gasteiger partial charge in [0.05, 0.1) is 11.1 Å². The van der Waals surface area contributed by atoms with Gasteiger partial charge in [-0.25, -0.2) is 13.8 Å². The lowest BCUT2D eigenvalue weighted by molar-refractivity contribution is -0.115. The molecule has 1 aliphatic carbocycles. The molecule has 8 heteroatoms. The fourth-order valence-corrected chi connectivity index (χ4v) is 4.74. The molecule has 2 heterocycles. The van der Waals surface area contributed by atoms with E-state index in [1.54, 1.807) is 0 Å². The standard InChI is InChI=1S/C24H31F2N5O/c1-15-3-4-21-17(13-15)14-20(22(27)28-16(2)32)23(30-21)31-11-7-19(8-12-31)29-18-5-9-24(25,26)10-6-18/h3-4,13-14,18-19,29H,5-12H2,1-2H3,(H2,27,28,32). The van der Waals surface area contributed by atoms with Crippen LogP contribution in [0.1, 0.15) is 56.6 Å². The van der Waals surface area contributed by atoms with Crippen LogP contribution in [-0.2, 0) is 4.79 Å². The Morgan fingerprint density at radius 3 is 2.47 bits per heavy atom. The number of alkyl halides is 2. The number of carbonyl (C=O) groups excluding carboxylic acids is 1. The van der Waals surface area contributed by atoms with E-state index in [-0.39, 0.29) is 30.6 Å². The molecule has 0 unspecified atom stereocenters. The molecule has 2 aliphatic rings. The molecule has 0 atom stereocenters. The van der Waals surface area contributed by atoms with Crippen LogP contribution in [0.4, 0.5) is 14.6 Å². The predicted octanol–water partition coefficient (Wildman–Crippen LogP) is 3.93. The molecule has 0 bridgehead atoms. The first-order valence-corrected chi connectivity index (χ1v) is 11.4. The number of aryl methyl sites for hydroxylation is 1. The molecule has 1 saturated heterocycles. The largest absolute Gasteiger partial charge is 0.383 e. The number of nitrogens with zero attached hydrogens (tertiary/aromatic N) is 3. The van der Waals surface area contributed by atoms with E-state index in [1.807, 2.05) is 31.2 Å².